The van der Waals surface area contributed by atoms with Gasteiger partial charge in [0.05, 0.1) is 6.54 Å². The second-order valence-corrected chi connectivity index (χ2v) is 7.31. The summed E-state index contributed by atoms with van der Waals surface area (Å²) in [4.78, 5) is 14.5. The molecule has 138 valence electrons. The molecule has 6 nitrogen and oxygen atoms in total. The molecule has 0 spiro atoms. The zero-order valence-corrected chi connectivity index (χ0v) is 15.2. The van der Waals surface area contributed by atoms with Gasteiger partial charge in [0.15, 0.2) is 5.69 Å². The summed E-state index contributed by atoms with van der Waals surface area (Å²) in [7, 11) is 1.68. The molecule has 1 aromatic carbocycles. The largest absolute Gasteiger partial charge is 0.490 e. The van der Waals surface area contributed by atoms with Crippen molar-refractivity contribution < 1.29 is 18.8 Å². The number of aryl methyl sites for hydroxylation is 1. The molecule has 1 atom stereocenters. The van der Waals surface area contributed by atoms with E-state index in [1.165, 1.54) is 0 Å². The number of likely N-dealkylation sites (tertiary alicyclic amines) is 1. The van der Waals surface area contributed by atoms with E-state index < -0.39 is 5.60 Å². The molecule has 2 fully saturated rings. The van der Waals surface area contributed by atoms with Crippen molar-refractivity contribution in [2.45, 2.75) is 37.7 Å². The first-order chi connectivity index (χ1) is 12.6. The average molecular weight is 356 g/mol. The number of aromatic nitrogens is 1. The lowest BCUT2D eigenvalue weighted by Crippen LogP contribution is -2.42. The molecular weight excluding hydrogens is 332 g/mol. The minimum absolute atomic E-state index is 0.101. The van der Waals surface area contributed by atoms with E-state index in [2.05, 4.69) is 5.16 Å². The molecule has 6 heteroatoms. The van der Waals surface area contributed by atoms with Crippen LogP contribution in [0.25, 0.3) is 0 Å². The van der Waals surface area contributed by atoms with Crippen molar-refractivity contribution >= 4 is 5.91 Å². The number of carbonyl (C=O) groups excluding carboxylic acids is 1. The van der Waals surface area contributed by atoms with Crippen molar-refractivity contribution in [1.82, 2.24) is 10.1 Å². The van der Waals surface area contributed by atoms with Crippen LogP contribution in [0.3, 0.4) is 0 Å². The number of amides is 1. The molecular formula is C20H24N2O4. The van der Waals surface area contributed by atoms with Crippen LogP contribution in [-0.2, 0) is 4.74 Å². The second kappa shape index (κ2) is 6.76. The van der Waals surface area contributed by atoms with Gasteiger partial charge in [-0.15, -0.1) is 0 Å². The lowest BCUT2D eigenvalue weighted by atomic mass is 10.0. The molecule has 26 heavy (non-hydrogen) atoms. The Morgan fingerprint density at radius 3 is 2.92 bits per heavy atom. The summed E-state index contributed by atoms with van der Waals surface area (Å²) >= 11 is 0. The zero-order valence-electron chi connectivity index (χ0n) is 15.2. The summed E-state index contributed by atoms with van der Waals surface area (Å²) < 4.78 is 17.1. The maximum absolute atomic E-state index is 12.7. The number of hydrogen-bond acceptors (Lipinski definition) is 5. The van der Waals surface area contributed by atoms with E-state index in [1.54, 1.807) is 18.1 Å². The fraction of sp³-hybridized carbons (Fsp3) is 0.500. The molecule has 1 unspecified atom stereocenters. The number of hydrogen-bond donors (Lipinski definition) is 0. The number of carbonyl (C=O) groups is 1. The Hall–Kier alpha value is -2.34. The van der Waals surface area contributed by atoms with Gasteiger partial charge in [-0.2, -0.15) is 0 Å². The molecule has 1 amide bonds. The molecule has 1 saturated heterocycles. The number of nitrogens with zero attached hydrogens (tertiary/aromatic N) is 2. The van der Waals surface area contributed by atoms with Crippen molar-refractivity contribution in [3.05, 3.63) is 47.3 Å². The van der Waals surface area contributed by atoms with E-state index in [9.17, 15) is 4.79 Å². The van der Waals surface area contributed by atoms with Crippen LogP contribution < -0.4 is 4.74 Å². The first-order valence-electron chi connectivity index (χ1n) is 9.10. The predicted molar refractivity (Wildman–Crippen MR) is 95.4 cm³/mol. The van der Waals surface area contributed by atoms with Gasteiger partial charge in [0, 0.05) is 25.6 Å². The Labute approximate surface area is 153 Å². The van der Waals surface area contributed by atoms with Crippen LogP contribution >= 0.6 is 0 Å². The molecule has 2 aliphatic rings. The smallest absolute Gasteiger partial charge is 0.276 e. The summed E-state index contributed by atoms with van der Waals surface area (Å²) in [6.45, 7) is 3.53. The normalized spacial score (nSPS) is 22.6. The van der Waals surface area contributed by atoms with Gasteiger partial charge in [-0.1, -0.05) is 23.4 Å². The van der Waals surface area contributed by atoms with E-state index in [4.69, 9.17) is 14.0 Å². The highest BCUT2D eigenvalue weighted by molar-refractivity contribution is 5.92. The number of methoxy groups -OCH3 is 1. The number of rotatable bonds is 6. The van der Waals surface area contributed by atoms with E-state index in [0.29, 0.717) is 31.3 Å². The van der Waals surface area contributed by atoms with E-state index in [1.807, 2.05) is 31.2 Å². The van der Waals surface area contributed by atoms with Crippen molar-refractivity contribution in [1.29, 1.82) is 0 Å². The molecule has 1 saturated carbocycles. The molecule has 1 aromatic heterocycles. The molecule has 1 aliphatic carbocycles. The lowest BCUT2D eigenvalue weighted by Gasteiger charge is -2.28. The van der Waals surface area contributed by atoms with Crippen LogP contribution in [0.2, 0.25) is 0 Å². The fourth-order valence-corrected chi connectivity index (χ4v) is 3.40. The lowest BCUT2D eigenvalue weighted by molar-refractivity contribution is -0.0344. The van der Waals surface area contributed by atoms with Crippen LogP contribution in [0.15, 0.2) is 34.9 Å². The summed E-state index contributed by atoms with van der Waals surface area (Å²) in [5.41, 5.74) is 0.972. The van der Waals surface area contributed by atoms with Gasteiger partial charge >= 0.3 is 0 Å². The quantitative estimate of drug-likeness (QED) is 0.795. The SMILES string of the molecule is COC1(COc2ccccc2C)CCN(C(=O)c2cc(C3CC3)on2)C1. The summed E-state index contributed by atoms with van der Waals surface area (Å²) in [6.07, 6.45) is 2.97. The predicted octanol–water partition coefficient (Wildman–Crippen LogP) is 3.17. The maximum atomic E-state index is 12.7. The summed E-state index contributed by atoms with van der Waals surface area (Å²) in [5, 5.41) is 3.96. The Balaban J connectivity index is 1.41. The van der Waals surface area contributed by atoms with Gasteiger partial charge in [-0.25, -0.2) is 0 Å². The highest BCUT2D eigenvalue weighted by Gasteiger charge is 2.42. The van der Waals surface area contributed by atoms with Crippen LogP contribution in [0.5, 0.6) is 5.75 Å². The van der Waals surface area contributed by atoms with Crippen molar-refractivity contribution in [3.8, 4) is 5.75 Å². The van der Waals surface area contributed by atoms with Crippen molar-refractivity contribution in [2.24, 2.45) is 0 Å². The molecule has 4 rings (SSSR count). The van der Waals surface area contributed by atoms with Crippen LogP contribution in [0, 0.1) is 6.92 Å². The minimum atomic E-state index is -0.499. The van der Waals surface area contributed by atoms with Crippen LogP contribution in [-0.4, -0.2) is 48.4 Å². The Morgan fingerprint density at radius 1 is 1.38 bits per heavy atom. The molecule has 0 bridgehead atoms. The standard InChI is InChI=1S/C20H24N2O4/c1-14-5-3-4-6-17(14)25-13-20(24-2)9-10-22(12-20)19(23)16-11-18(26-21-16)15-7-8-15/h3-6,11,15H,7-10,12-13H2,1-2H3. The Morgan fingerprint density at radius 2 is 2.19 bits per heavy atom. The molecule has 1 aliphatic heterocycles. The fourth-order valence-electron chi connectivity index (χ4n) is 3.40. The highest BCUT2D eigenvalue weighted by atomic mass is 16.5. The topological polar surface area (TPSA) is 64.8 Å². The zero-order chi connectivity index (χ0) is 18.1. The van der Waals surface area contributed by atoms with Crippen molar-refractivity contribution in [3.63, 3.8) is 0 Å². The van der Waals surface area contributed by atoms with Crippen LogP contribution in [0.1, 0.15) is 47.0 Å². The third-order valence-corrected chi connectivity index (χ3v) is 5.35. The van der Waals surface area contributed by atoms with Gasteiger partial charge in [0.25, 0.3) is 5.91 Å². The maximum Gasteiger partial charge on any atom is 0.276 e. The Kier molecular flexibility index (Phi) is 4.44. The second-order valence-electron chi connectivity index (χ2n) is 7.31. The number of ether oxygens (including phenoxy) is 2. The summed E-state index contributed by atoms with van der Waals surface area (Å²) in [5.74, 6) is 2.02. The van der Waals surface area contributed by atoms with E-state index >= 15 is 0 Å². The molecule has 2 heterocycles. The van der Waals surface area contributed by atoms with E-state index in [0.717, 1.165) is 36.3 Å². The first-order valence-corrected chi connectivity index (χ1v) is 9.10. The average Bonchev–Trinajstić information content (AvgIpc) is 3.23. The summed E-state index contributed by atoms with van der Waals surface area (Å²) in [6, 6.07) is 9.69. The van der Waals surface area contributed by atoms with Gasteiger partial charge in [0.2, 0.25) is 0 Å². The number of para-hydroxylation sites is 1. The van der Waals surface area contributed by atoms with Crippen molar-refractivity contribution in [2.75, 3.05) is 26.8 Å². The van der Waals surface area contributed by atoms with Gasteiger partial charge in [-0.05, 0) is 37.8 Å². The minimum Gasteiger partial charge on any atom is -0.490 e. The van der Waals surface area contributed by atoms with E-state index in [-0.39, 0.29) is 5.91 Å². The van der Waals surface area contributed by atoms with Crippen LogP contribution in [0.4, 0.5) is 0 Å². The highest BCUT2D eigenvalue weighted by Crippen LogP contribution is 2.40. The van der Waals surface area contributed by atoms with Gasteiger partial charge in [-0.3, -0.25) is 4.79 Å². The third kappa shape index (κ3) is 3.33. The Bertz CT molecular complexity index is 799. The molecule has 0 radical (unpaired) electrons. The monoisotopic (exact) mass is 356 g/mol. The first kappa shape index (κ1) is 17.1. The molecule has 0 N–H and O–H groups in total. The number of benzene rings is 1. The third-order valence-electron chi connectivity index (χ3n) is 5.35. The van der Waals surface area contributed by atoms with Gasteiger partial charge in [0.1, 0.15) is 23.7 Å². The molecule has 2 aromatic rings. The van der Waals surface area contributed by atoms with Gasteiger partial charge < -0.3 is 18.9 Å².